The van der Waals surface area contributed by atoms with Crippen molar-refractivity contribution in [2.45, 2.75) is 0 Å². The van der Waals surface area contributed by atoms with E-state index in [0.29, 0.717) is 5.69 Å². The number of benzene rings is 2. The molecule has 0 saturated carbocycles. The average Bonchev–Trinajstić information content (AvgIpc) is 3.08. The minimum atomic E-state index is -0.194. The van der Waals surface area contributed by atoms with E-state index in [1.165, 1.54) is 12.4 Å². The van der Waals surface area contributed by atoms with Gasteiger partial charge in [0, 0.05) is 16.2 Å². The van der Waals surface area contributed by atoms with E-state index in [4.69, 9.17) is 0 Å². The number of carbonyl (C=O) groups is 1. The summed E-state index contributed by atoms with van der Waals surface area (Å²) < 4.78 is 2.51. The van der Waals surface area contributed by atoms with Gasteiger partial charge in [-0.2, -0.15) is 0 Å². The Morgan fingerprint density at radius 3 is 2.70 bits per heavy atom. The van der Waals surface area contributed by atoms with Gasteiger partial charge >= 0.3 is 0 Å². The molecule has 0 saturated heterocycles. The first-order valence-corrected chi connectivity index (χ1v) is 7.58. The molecule has 0 aliphatic carbocycles. The van der Waals surface area contributed by atoms with Crippen LogP contribution in [0.2, 0.25) is 0 Å². The number of hydrogen-bond acceptors (Lipinski definition) is 4. The van der Waals surface area contributed by atoms with E-state index in [0.717, 1.165) is 15.7 Å². The lowest BCUT2D eigenvalue weighted by Crippen LogP contribution is -2.07. The van der Waals surface area contributed by atoms with Gasteiger partial charge in [0.1, 0.15) is 6.33 Å². The van der Waals surface area contributed by atoms with E-state index in [1.807, 2.05) is 36.4 Å². The minimum Gasteiger partial charge on any atom is -0.323 e. The number of tetrazole rings is 1. The van der Waals surface area contributed by atoms with Crippen molar-refractivity contribution in [3.05, 3.63) is 71.0 Å². The molecule has 0 spiro atoms. The molecular formula is C16H12BrN5O. The number of halogens is 1. The van der Waals surface area contributed by atoms with Crippen LogP contribution in [0.5, 0.6) is 0 Å². The highest BCUT2D eigenvalue weighted by Gasteiger charge is 2.01. The standard InChI is InChI=1S/C16H12BrN5O/c17-13-3-1-2-12(10-13)4-9-16(23)19-14-5-7-15(8-6-14)22-11-18-20-21-22/h1-11H,(H,19,23)/b9-4+. The zero-order valence-corrected chi connectivity index (χ0v) is 13.5. The number of anilines is 1. The Morgan fingerprint density at radius 1 is 1.17 bits per heavy atom. The monoisotopic (exact) mass is 369 g/mol. The zero-order valence-electron chi connectivity index (χ0n) is 11.9. The number of hydrogen-bond donors (Lipinski definition) is 1. The summed E-state index contributed by atoms with van der Waals surface area (Å²) in [5.41, 5.74) is 2.46. The van der Waals surface area contributed by atoms with Crippen LogP contribution in [0.15, 0.2) is 65.4 Å². The van der Waals surface area contributed by atoms with Gasteiger partial charge in [0.25, 0.3) is 0 Å². The number of carbonyl (C=O) groups excluding carboxylic acids is 1. The molecule has 23 heavy (non-hydrogen) atoms. The third-order valence-electron chi connectivity index (χ3n) is 3.02. The van der Waals surface area contributed by atoms with Gasteiger partial charge in [0.2, 0.25) is 5.91 Å². The Balaban J connectivity index is 1.64. The normalized spacial score (nSPS) is 10.8. The summed E-state index contributed by atoms with van der Waals surface area (Å²) in [5.74, 6) is -0.194. The lowest BCUT2D eigenvalue weighted by Gasteiger charge is -2.04. The molecular weight excluding hydrogens is 358 g/mol. The number of rotatable bonds is 4. The van der Waals surface area contributed by atoms with Gasteiger partial charge in [-0.25, -0.2) is 4.68 Å². The van der Waals surface area contributed by atoms with Gasteiger partial charge in [-0.1, -0.05) is 28.1 Å². The number of nitrogens with one attached hydrogen (secondary N) is 1. The van der Waals surface area contributed by atoms with E-state index in [9.17, 15) is 4.79 Å². The maximum atomic E-state index is 11.9. The van der Waals surface area contributed by atoms with Crippen LogP contribution in [0.3, 0.4) is 0 Å². The molecule has 6 nitrogen and oxygen atoms in total. The van der Waals surface area contributed by atoms with Crippen LogP contribution >= 0.6 is 15.9 Å². The molecule has 0 unspecified atom stereocenters. The fraction of sp³-hybridized carbons (Fsp3) is 0. The summed E-state index contributed by atoms with van der Waals surface area (Å²) in [4.78, 5) is 11.9. The molecule has 0 radical (unpaired) electrons. The SMILES string of the molecule is O=C(/C=C/c1cccc(Br)c1)Nc1ccc(-n2cnnn2)cc1. The zero-order chi connectivity index (χ0) is 16.1. The summed E-state index contributed by atoms with van der Waals surface area (Å²) in [6.07, 6.45) is 4.76. The molecule has 2 aromatic carbocycles. The van der Waals surface area contributed by atoms with Crippen molar-refractivity contribution >= 4 is 33.6 Å². The van der Waals surface area contributed by atoms with E-state index in [-0.39, 0.29) is 5.91 Å². The quantitative estimate of drug-likeness (QED) is 0.717. The fourth-order valence-electron chi connectivity index (χ4n) is 1.94. The third kappa shape index (κ3) is 4.10. The molecule has 7 heteroatoms. The second-order valence-electron chi connectivity index (χ2n) is 4.68. The fourth-order valence-corrected chi connectivity index (χ4v) is 2.36. The van der Waals surface area contributed by atoms with Crippen molar-refractivity contribution in [3.63, 3.8) is 0 Å². The van der Waals surface area contributed by atoms with Crippen LogP contribution < -0.4 is 5.32 Å². The summed E-state index contributed by atoms with van der Waals surface area (Å²) in [6.45, 7) is 0. The highest BCUT2D eigenvalue weighted by atomic mass is 79.9. The average molecular weight is 370 g/mol. The Labute approximate surface area is 141 Å². The van der Waals surface area contributed by atoms with Gasteiger partial charge in [0.05, 0.1) is 5.69 Å². The largest absolute Gasteiger partial charge is 0.323 e. The van der Waals surface area contributed by atoms with E-state index >= 15 is 0 Å². The minimum absolute atomic E-state index is 0.194. The van der Waals surface area contributed by atoms with Crippen molar-refractivity contribution in [2.24, 2.45) is 0 Å². The topological polar surface area (TPSA) is 72.7 Å². The molecule has 3 rings (SSSR count). The van der Waals surface area contributed by atoms with Gasteiger partial charge in [-0.15, -0.1) is 5.10 Å². The maximum Gasteiger partial charge on any atom is 0.248 e. The Kier molecular flexibility index (Phi) is 4.58. The molecule has 0 aliphatic rings. The lowest BCUT2D eigenvalue weighted by molar-refractivity contribution is -0.111. The summed E-state index contributed by atoms with van der Waals surface area (Å²) >= 11 is 3.40. The molecule has 1 N–H and O–H groups in total. The Morgan fingerprint density at radius 2 is 2.00 bits per heavy atom. The number of amides is 1. The smallest absolute Gasteiger partial charge is 0.248 e. The van der Waals surface area contributed by atoms with Crippen molar-refractivity contribution < 1.29 is 4.79 Å². The Bertz CT molecular complexity index is 828. The second kappa shape index (κ2) is 6.97. The summed E-state index contributed by atoms with van der Waals surface area (Å²) in [5, 5.41) is 13.8. The van der Waals surface area contributed by atoms with Crippen molar-refractivity contribution in [1.29, 1.82) is 0 Å². The van der Waals surface area contributed by atoms with Crippen molar-refractivity contribution in [3.8, 4) is 5.69 Å². The highest BCUT2D eigenvalue weighted by molar-refractivity contribution is 9.10. The van der Waals surface area contributed by atoms with Crippen LogP contribution in [0.1, 0.15) is 5.56 Å². The first-order valence-electron chi connectivity index (χ1n) is 6.79. The molecule has 1 aromatic heterocycles. The van der Waals surface area contributed by atoms with Crippen LogP contribution in [-0.4, -0.2) is 26.1 Å². The maximum absolute atomic E-state index is 11.9. The molecule has 0 aliphatic heterocycles. The number of aromatic nitrogens is 4. The summed E-state index contributed by atoms with van der Waals surface area (Å²) in [7, 11) is 0. The van der Waals surface area contributed by atoms with E-state index < -0.39 is 0 Å². The molecule has 1 amide bonds. The molecule has 114 valence electrons. The molecule has 0 fully saturated rings. The van der Waals surface area contributed by atoms with Crippen LogP contribution in [-0.2, 0) is 4.79 Å². The van der Waals surface area contributed by atoms with Gasteiger partial charge in [0.15, 0.2) is 0 Å². The summed E-state index contributed by atoms with van der Waals surface area (Å²) in [6, 6.07) is 14.9. The van der Waals surface area contributed by atoms with Crippen LogP contribution in [0.4, 0.5) is 5.69 Å². The molecule has 3 aromatic rings. The third-order valence-corrected chi connectivity index (χ3v) is 3.52. The second-order valence-corrected chi connectivity index (χ2v) is 5.59. The first-order chi connectivity index (χ1) is 11.2. The lowest BCUT2D eigenvalue weighted by atomic mass is 10.2. The first kappa shape index (κ1) is 15.1. The van der Waals surface area contributed by atoms with Crippen LogP contribution in [0, 0.1) is 0 Å². The molecule has 0 atom stereocenters. The number of nitrogens with zero attached hydrogens (tertiary/aromatic N) is 4. The van der Waals surface area contributed by atoms with E-state index in [1.54, 1.807) is 22.9 Å². The highest BCUT2D eigenvalue weighted by Crippen LogP contribution is 2.14. The predicted molar refractivity (Wildman–Crippen MR) is 91.0 cm³/mol. The predicted octanol–water partition coefficient (Wildman–Crippen LogP) is 3.08. The van der Waals surface area contributed by atoms with Gasteiger partial charge < -0.3 is 5.32 Å². The van der Waals surface area contributed by atoms with Gasteiger partial charge in [-0.05, 0) is 58.5 Å². The van der Waals surface area contributed by atoms with Crippen molar-refractivity contribution in [1.82, 2.24) is 20.2 Å². The van der Waals surface area contributed by atoms with Crippen LogP contribution in [0.25, 0.3) is 11.8 Å². The Hall–Kier alpha value is -2.80. The van der Waals surface area contributed by atoms with E-state index in [2.05, 4.69) is 36.8 Å². The van der Waals surface area contributed by atoms with Crippen molar-refractivity contribution in [2.75, 3.05) is 5.32 Å². The van der Waals surface area contributed by atoms with Gasteiger partial charge in [-0.3, -0.25) is 4.79 Å². The molecule has 1 heterocycles. The molecule has 0 bridgehead atoms.